The Labute approximate surface area is 135 Å². The number of furan rings is 1. The van der Waals surface area contributed by atoms with Crippen LogP contribution in [0.3, 0.4) is 0 Å². The Morgan fingerprint density at radius 3 is 2.78 bits per heavy atom. The van der Waals surface area contributed by atoms with Crippen LogP contribution in [0.25, 0.3) is 6.08 Å². The zero-order chi connectivity index (χ0) is 16.7. The van der Waals surface area contributed by atoms with E-state index >= 15 is 0 Å². The Hall–Kier alpha value is -2.69. The van der Waals surface area contributed by atoms with Gasteiger partial charge in [0.2, 0.25) is 5.91 Å². The average Bonchev–Trinajstić information content (AvgIpc) is 3.04. The van der Waals surface area contributed by atoms with Gasteiger partial charge in [0, 0.05) is 6.08 Å². The minimum absolute atomic E-state index is 0.0673. The first-order valence-electron chi connectivity index (χ1n) is 7.41. The molecule has 0 atom stereocenters. The molecule has 1 aromatic carbocycles. The third-order valence-electron chi connectivity index (χ3n) is 2.99. The molecule has 2 rings (SSSR count). The van der Waals surface area contributed by atoms with Gasteiger partial charge < -0.3 is 19.2 Å². The van der Waals surface area contributed by atoms with Crippen molar-refractivity contribution < 1.29 is 18.7 Å². The molecule has 0 saturated carbocycles. The van der Waals surface area contributed by atoms with E-state index in [0.717, 1.165) is 5.56 Å². The zero-order valence-corrected chi connectivity index (χ0v) is 13.5. The zero-order valence-electron chi connectivity index (χ0n) is 13.5. The predicted octanol–water partition coefficient (Wildman–Crippen LogP) is 3.41. The maximum Gasteiger partial charge on any atom is 0.244 e. The largest absolute Gasteiger partial charge is 0.493 e. The molecule has 122 valence electrons. The van der Waals surface area contributed by atoms with Gasteiger partial charge in [-0.15, -0.1) is 0 Å². The summed E-state index contributed by atoms with van der Waals surface area (Å²) >= 11 is 0. The summed E-state index contributed by atoms with van der Waals surface area (Å²) in [6.07, 6.45) is 4.84. The van der Waals surface area contributed by atoms with Gasteiger partial charge in [-0.1, -0.05) is 6.07 Å². The van der Waals surface area contributed by atoms with Gasteiger partial charge in [-0.2, -0.15) is 0 Å². The number of hydrogen-bond acceptors (Lipinski definition) is 4. The van der Waals surface area contributed by atoms with E-state index < -0.39 is 0 Å². The van der Waals surface area contributed by atoms with E-state index in [0.29, 0.717) is 23.8 Å². The van der Waals surface area contributed by atoms with Gasteiger partial charge in [-0.05, 0) is 49.8 Å². The van der Waals surface area contributed by atoms with Gasteiger partial charge in [-0.3, -0.25) is 4.79 Å². The molecule has 0 fully saturated rings. The first-order valence-corrected chi connectivity index (χ1v) is 7.41. The highest BCUT2D eigenvalue weighted by Gasteiger charge is 2.06. The lowest BCUT2D eigenvalue weighted by Gasteiger charge is -2.13. The molecule has 0 unspecified atom stereocenters. The molecule has 0 spiro atoms. The fourth-order valence-corrected chi connectivity index (χ4v) is 1.96. The lowest BCUT2D eigenvalue weighted by Crippen LogP contribution is -2.19. The van der Waals surface area contributed by atoms with Crippen molar-refractivity contribution in [1.29, 1.82) is 0 Å². The van der Waals surface area contributed by atoms with Crippen LogP contribution < -0.4 is 14.8 Å². The summed E-state index contributed by atoms with van der Waals surface area (Å²) in [4.78, 5) is 11.8. The van der Waals surface area contributed by atoms with Crippen molar-refractivity contribution >= 4 is 12.0 Å². The van der Waals surface area contributed by atoms with Crippen LogP contribution >= 0.6 is 0 Å². The maximum absolute atomic E-state index is 11.8. The Morgan fingerprint density at radius 2 is 2.13 bits per heavy atom. The number of ether oxygens (including phenoxy) is 2. The minimum atomic E-state index is -0.192. The first-order chi connectivity index (χ1) is 11.1. The van der Waals surface area contributed by atoms with Crippen molar-refractivity contribution in [1.82, 2.24) is 5.32 Å². The Morgan fingerprint density at radius 1 is 1.30 bits per heavy atom. The third kappa shape index (κ3) is 5.21. The third-order valence-corrected chi connectivity index (χ3v) is 2.99. The molecule has 0 radical (unpaired) electrons. The van der Waals surface area contributed by atoms with Gasteiger partial charge in [0.15, 0.2) is 11.5 Å². The van der Waals surface area contributed by atoms with Crippen molar-refractivity contribution in [2.75, 3.05) is 7.11 Å². The predicted molar refractivity (Wildman–Crippen MR) is 88.3 cm³/mol. The number of rotatable bonds is 7. The number of nitrogens with one attached hydrogen (secondary N) is 1. The molecule has 0 saturated heterocycles. The SMILES string of the molecule is COc1cc(/C=C/C(=O)NCc2ccco2)ccc1OC(C)C. The normalized spacial score (nSPS) is 11.0. The Balaban J connectivity index is 1.97. The second-order valence-corrected chi connectivity index (χ2v) is 5.21. The van der Waals surface area contributed by atoms with Crippen LogP contribution in [-0.4, -0.2) is 19.1 Å². The van der Waals surface area contributed by atoms with Crippen LogP contribution in [0.15, 0.2) is 47.1 Å². The Kier molecular flexibility index (Phi) is 5.86. The van der Waals surface area contributed by atoms with E-state index in [4.69, 9.17) is 13.9 Å². The molecule has 23 heavy (non-hydrogen) atoms. The van der Waals surface area contributed by atoms with E-state index in [9.17, 15) is 4.79 Å². The van der Waals surface area contributed by atoms with E-state index in [2.05, 4.69) is 5.32 Å². The summed E-state index contributed by atoms with van der Waals surface area (Å²) in [7, 11) is 1.59. The molecule has 5 heteroatoms. The lowest BCUT2D eigenvalue weighted by atomic mass is 10.2. The molecule has 0 aliphatic carbocycles. The molecule has 1 aromatic heterocycles. The van der Waals surface area contributed by atoms with E-state index in [-0.39, 0.29) is 12.0 Å². The number of carbonyl (C=O) groups is 1. The molecular weight excluding hydrogens is 294 g/mol. The van der Waals surface area contributed by atoms with Gasteiger partial charge in [0.25, 0.3) is 0 Å². The number of amides is 1. The minimum Gasteiger partial charge on any atom is -0.493 e. The van der Waals surface area contributed by atoms with Crippen molar-refractivity contribution in [2.45, 2.75) is 26.5 Å². The quantitative estimate of drug-likeness (QED) is 0.796. The molecule has 1 amide bonds. The maximum atomic E-state index is 11.8. The number of benzene rings is 1. The van der Waals surface area contributed by atoms with Gasteiger partial charge in [0.1, 0.15) is 5.76 Å². The summed E-state index contributed by atoms with van der Waals surface area (Å²) in [6, 6.07) is 9.12. The molecular formula is C18H21NO4. The molecule has 1 N–H and O–H groups in total. The average molecular weight is 315 g/mol. The van der Waals surface area contributed by atoms with E-state index in [1.165, 1.54) is 6.08 Å². The fraction of sp³-hybridized carbons (Fsp3) is 0.278. The highest BCUT2D eigenvalue weighted by atomic mass is 16.5. The highest BCUT2D eigenvalue weighted by molar-refractivity contribution is 5.91. The fourth-order valence-electron chi connectivity index (χ4n) is 1.96. The molecule has 0 aliphatic heterocycles. The van der Waals surface area contributed by atoms with Crippen LogP contribution in [0.4, 0.5) is 0 Å². The highest BCUT2D eigenvalue weighted by Crippen LogP contribution is 2.29. The van der Waals surface area contributed by atoms with Crippen molar-refractivity contribution in [3.05, 3.63) is 54.0 Å². The summed E-state index contributed by atoms with van der Waals surface area (Å²) in [5.41, 5.74) is 0.853. The van der Waals surface area contributed by atoms with Crippen LogP contribution in [0, 0.1) is 0 Å². The van der Waals surface area contributed by atoms with Crippen LogP contribution in [-0.2, 0) is 11.3 Å². The van der Waals surface area contributed by atoms with Gasteiger partial charge in [0.05, 0.1) is 26.0 Å². The molecule has 0 aliphatic rings. The Bertz CT molecular complexity index is 660. The van der Waals surface area contributed by atoms with Crippen LogP contribution in [0.1, 0.15) is 25.2 Å². The van der Waals surface area contributed by atoms with Crippen molar-refractivity contribution in [2.24, 2.45) is 0 Å². The smallest absolute Gasteiger partial charge is 0.244 e. The topological polar surface area (TPSA) is 60.7 Å². The van der Waals surface area contributed by atoms with Crippen LogP contribution in [0.5, 0.6) is 11.5 Å². The second kappa shape index (κ2) is 8.08. The summed E-state index contributed by atoms with van der Waals surface area (Å²) in [6.45, 7) is 4.27. The second-order valence-electron chi connectivity index (χ2n) is 5.21. The van der Waals surface area contributed by atoms with E-state index in [1.54, 1.807) is 25.5 Å². The molecule has 1 heterocycles. The standard InChI is InChI=1S/C18H21NO4/c1-13(2)23-16-8-6-14(11-17(16)21-3)7-9-18(20)19-12-15-5-4-10-22-15/h4-11,13H,12H2,1-3H3,(H,19,20)/b9-7+. The van der Waals surface area contributed by atoms with Gasteiger partial charge in [-0.25, -0.2) is 0 Å². The van der Waals surface area contributed by atoms with Crippen molar-refractivity contribution in [3.8, 4) is 11.5 Å². The number of hydrogen-bond donors (Lipinski definition) is 1. The van der Waals surface area contributed by atoms with E-state index in [1.807, 2.05) is 38.1 Å². The van der Waals surface area contributed by atoms with Gasteiger partial charge >= 0.3 is 0 Å². The monoisotopic (exact) mass is 315 g/mol. The van der Waals surface area contributed by atoms with Crippen LogP contribution in [0.2, 0.25) is 0 Å². The molecule has 5 nitrogen and oxygen atoms in total. The molecule has 0 bridgehead atoms. The number of methoxy groups -OCH3 is 1. The summed E-state index contributed by atoms with van der Waals surface area (Å²) in [5.74, 6) is 1.84. The first kappa shape index (κ1) is 16.7. The summed E-state index contributed by atoms with van der Waals surface area (Å²) < 4.78 is 16.1. The number of carbonyl (C=O) groups excluding carboxylic acids is 1. The lowest BCUT2D eigenvalue weighted by molar-refractivity contribution is -0.116. The van der Waals surface area contributed by atoms with Crippen molar-refractivity contribution in [3.63, 3.8) is 0 Å². The summed E-state index contributed by atoms with van der Waals surface area (Å²) in [5, 5.41) is 2.75. The molecule has 2 aromatic rings.